The molecule has 0 spiro atoms. The molecule has 0 saturated heterocycles. The fourth-order valence-electron chi connectivity index (χ4n) is 4.05. The molecule has 0 N–H and O–H groups in total. The molecule has 3 atom stereocenters. The van der Waals surface area contributed by atoms with E-state index in [9.17, 15) is 28.8 Å². The van der Waals surface area contributed by atoms with E-state index in [1.54, 1.807) is 0 Å². The van der Waals surface area contributed by atoms with Crippen LogP contribution in [0.15, 0.2) is 22.3 Å². The van der Waals surface area contributed by atoms with Crippen LogP contribution in [0.25, 0.3) is 0 Å². The summed E-state index contributed by atoms with van der Waals surface area (Å²) in [5.74, 6) is -8.59. The molecule has 1 saturated carbocycles. The second kappa shape index (κ2) is 8.88. The van der Waals surface area contributed by atoms with Gasteiger partial charge in [-0.25, -0.2) is 19.2 Å². The van der Waals surface area contributed by atoms with E-state index in [1.807, 2.05) is 0 Å². The second-order valence-electron chi connectivity index (χ2n) is 6.44. The summed E-state index contributed by atoms with van der Waals surface area (Å²) in [7, 11) is 5.84. The highest BCUT2D eigenvalue weighted by Gasteiger charge is 2.91. The van der Waals surface area contributed by atoms with Gasteiger partial charge >= 0.3 is 35.8 Å². The molecule has 0 bridgehead atoms. The molecular weight excluding hydrogens is 547 g/mol. The van der Waals surface area contributed by atoms with Crippen LogP contribution >= 0.6 is 22.6 Å². The van der Waals surface area contributed by atoms with E-state index in [-0.39, 0.29) is 0 Å². The second-order valence-corrected chi connectivity index (χ2v) is 8.14. The van der Waals surface area contributed by atoms with Crippen molar-refractivity contribution in [2.24, 2.45) is 11.3 Å². The highest BCUT2D eigenvalue weighted by molar-refractivity contribution is 14.1. The normalized spacial score (nSPS) is 25.8. The summed E-state index contributed by atoms with van der Waals surface area (Å²) in [5, 5.41) is 0. The lowest BCUT2D eigenvalue weighted by Crippen LogP contribution is -2.39. The van der Waals surface area contributed by atoms with Gasteiger partial charge in [-0.05, 0) is 0 Å². The summed E-state index contributed by atoms with van der Waals surface area (Å²) in [4.78, 5) is 77.3. The minimum Gasteiger partial charge on any atom is -0.468 e. The van der Waals surface area contributed by atoms with Gasteiger partial charge in [0.25, 0.3) is 0 Å². The summed E-state index contributed by atoms with van der Waals surface area (Å²) in [6, 6.07) is 0. The lowest BCUT2D eigenvalue weighted by atomic mass is 9.77. The van der Waals surface area contributed by atoms with Gasteiger partial charge in [-0.1, -0.05) is 22.6 Å². The maximum absolute atomic E-state index is 13.1. The van der Waals surface area contributed by atoms with Crippen LogP contribution in [0.1, 0.15) is 0 Å². The van der Waals surface area contributed by atoms with E-state index in [0.717, 1.165) is 42.7 Å². The van der Waals surface area contributed by atoms with E-state index in [2.05, 4.69) is 0 Å². The third kappa shape index (κ3) is 3.01. The molecule has 174 valence electrons. The Labute approximate surface area is 195 Å². The third-order valence-corrected chi connectivity index (χ3v) is 7.25. The summed E-state index contributed by atoms with van der Waals surface area (Å²) in [6.45, 7) is 0. The molecular formula is C19H19IO12. The number of fused-ring (bicyclic) bond motifs is 1. The fraction of sp³-hybridized carbons (Fsp3) is 0.474. The molecule has 0 heterocycles. The molecule has 0 radical (unpaired) electrons. The zero-order chi connectivity index (χ0) is 24.6. The number of carbonyl (C=O) groups excluding carboxylic acids is 6. The Morgan fingerprint density at radius 2 is 1.06 bits per heavy atom. The van der Waals surface area contributed by atoms with Gasteiger partial charge in [0, 0.05) is 5.92 Å². The van der Waals surface area contributed by atoms with Crippen molar-refractivity contribution in [3.63, 3.8) is 0 Å². The van der Waals surface area contributed by atoms with Crippen molar-refractivity contribution >= 4 is 58.4 Å². The Hall–Kier alpha value is -2.97. The van der Waals surface area contributed by atoms with Crippen molar-refractivity contribution in [3.8, 4) is 0 Å². The summed E-state index contributed by atoms with van der Waals surface area (Å²) < 4.78 is 26.6. The molecule has 0 aliphatic heterocycles. The molecule has 0 aromatic heterocycles. The van der Waals surface area contributed by atoms with Crippen LogP contribution in [-0.2, 0) is 57.2 Å². The number of hydrogen-bond acceptors (Lipinski definition) is 12. The first-order valence-electron chi connectivity index (χ1n) is 8.70. The molecule has 2 rings (SSSR count). The largest absolute Gasteiger partial charge is 0.468 e. The predicted octanol–water partition coefficient (Wildman–Crippen LogP) is -0.579. The van der Waals surface area contributed by atoms with E-state index in [0.29, 0.717) is 0 Å². The zero-order valence-electron chi connectivity index (χ0n) is 17.9. The number of hydrogen-bond donors (Lipinski definition) is 0. The van der Waals surface area contributed by atoms with Gasteiger partial charge in [0.1, 0.15) is 8.84 Å². The summed E-state index contributed by atoms with van der Waals surface area (Å²) in [6.07, 6.45) is 0. The van der Waals surface area contributed by atoms with Crippen molar-refractivity contribution in [1.82, 2.24) is 0 Å². The number of alkyl halides is 1. The number of esters is 6. The summed E-state index contributed by atoms with van der Waals surface area (Å²) in [5.41, 5.74) is -5.05. The van der Waals surface area contributed by atoms with Crippen LogP contribution < -0.4 is 0 Å². The van der Waals surface area contributed by atoms with Crippen molar-refractivity contribution in [1.29, 1.82) is 0 Å². The highest BCUT2D eigenvalue weighted by atomic mass is 127. The first kappa shape index (κ1) is 25.3. The number of ether oxygens (including phenoxy) is 6. The minimum atomic E-state index is -2.27. The van der Waals surface area contributed by atoms with Gasteiger partial charge in [-0.2, -0.15) is 0 Å². The van der Waals surface area contributed by atoms with Crippen LogP contribution in [0.2, 0.25) is 0 Å². The molecule has 12 nitrogen and oxygen atoms in total. The quantitative estimate of drug-likeness (QED) is 0.175. The molecule has 13 heteroatoms. The van der Waals surface area contributed by atoms with E-state index in [4.69, 9.17) is 28.4 Å². The van der Waals surface area contributed by atoms with Gasteiger partial charge in [-0.3, -0.25) is 9.59 Å². The standard InChI is InChI=1S/C19H19IO12/c1-27-12(21)7-8(13(22)28-2)10(15(24)30-4)18(16(25)31-5)11(9(7)14(23)29-3)19(18,20)17(26)32-6/h11H,1-6H3. The van der Waals surface area contributed by atoms with Gasteiger partial charge < -0.3 is 28.4 Å². The van der Waals surface area contributed by atoms with E-state index < -0.39 is 72.9 Å². The van der Waals surface area contributed by atoms with Gasteiger partial charge in [0.2, 0.25) is 0 Å². The monoisotopic (exact) mass is 566 g/mol. The molecule has 1 fully saturated rings. The number of halogens is 1. The highest BCUT2D eigenvalue weighted by Crippen LogP contribution is 2.77. The smallest absolute Gasteiger partial charge is 0.339 e. The third-order valence-electron chi connectivity index (χ3n) is 5.34. The average Bonchev–Trinajstić information content (AvgIpc) is 3.40. The van der Waals surface area contributed by atoms with Crippen LogP contribution in [0.5, 0.6) is 0 Å². The molecule has 3 unspecified atom stereocenters. The van der Waals surface area contributed by atoms with Crippen LogP contribution in [-0.4, -0.2) is 81.9 Å². The maximum Gasteiger partial charge on any atom is 0.339 e. The Balaban J connectivity index is 3.24. The maximum atomic E-state index is 13.1. The van der Waals surface area contributed by atoms with Crippen molar-refractivity contribution in [2.45, 2.75) is 3.42 Å². The lowest BCUT2D eigenvalue weighted by molar-refractivity contribution is -0.152. The van der Waals surface area contributed by atoms with Gasteiger partial charge in [-0.15, -0.1) is 0 Å². The van der Waals surface area contributed by atoms with Gasteiger partial charge in [0.05, 0.1) is 65.0 Å². The topological polar surface area (TPSA) is 158 Å². The average molecular weight is 566 g/mol. The van der Waals surface area contributed by atoms with Crippen LogP contribution in [0.4, 0.5) is 0 Å². The number of rotatable bonds is 6. The SMILES string of the molecule is COC(=O)C1=C(C(=O)OC)C2C(I)(C(=O)OC)C2(C(=O)OC)C(C(=O)OC)=C1C(=O)OC. The van der Waals surface area contributed by atoms with Crippen LogP contribution in [0, 0.1) is 11.3 Å². The lowest BCUT2D eigenvalue weighted by Gasteiger charge is -2.26. The molecule has 2 aliphatic rings. The number of methoxy groups -OCH3 is 6. The van der Waals surface area contributed by atoms with Crippen molar-refractivity contribution in [2.75, 3.05) is 42.7 Å². The molecule has 32 heavy (non-hydrogen) atoms. The van der Waals surface area contributed by atoms with Gasteiger partial charge in [0.15, 0.2) is 0 Å². The number of carbonyl (C=O) groups is 6. The van der Waals surface area contributed by atoms with Crippen molar-refractivity contribution in [3.05, 3.63) is 22.3 Å². The molecule has 0 aromatic carbocycles. The zero-order valence-corrected chi connectivity index (χ0v) is 20.0. The van der Waals surface area contributed by atoms with E-state index >= 15 is 0 Å². The minimum absolute atomic E-state index is 0.558. The molecule has 0 aromatic rings. The Morgan fingerprint density at radius 1 is 0.625 bits per heavy atom. The van der Waals surface area contributed by atoms with Crippen LogP contribution in [0.3, 0.4) is 0 Å². The Morgan fingerprint density at radius 3 is 1.47 bits per heavy atom. The summed E-state index contributed by atoms with van der Waals surface area (Å²) >= 11 is 1.53. The van der Waals surface area contributed by atoms with E-state index in [1.165, 1.54) is 22.6 Å². The Bertz CT molecular complexity index is 992. The Kier molecular flexibility index (Phi) is 7.02. The first-order chi connectivity index (χ1) is 15.0. The first-order valence-corrected chi connectivity index (χ1v) is 9.78. The van der Waals surface area contributed by atoms with Crippen molar-refractivity contribution < 1.29 is 57.2 Å². The fourth-order valence-corrected chi connectivity index (χ4v) is 5.70. The molecule has 0 amide bonds. The predicted molar refractivity (Wildman–Crippen MR) is 109 cm³/mol. The molecule has 2 aliphatic carbocycles.